The summed E-state index contributed by atoms with van der Waals surface area (Å²) in [5, 5.41) is 10.0. The number of carboxylic acids is 1. The Balaban J connectivity index is 1.24. The molecule has 2 aliphatic heterocycles. The van der Waals surface area contributed by atoms with Gasteiger partial charge in [0, 0.05) is 42.9 Å². The van der Waals surface area contributed by atoms with E-state index < -0.39 is 5.97 Å². The number of benzene rings is 3. The lowest BCUT2D eigenvalue weighted by Crippen LogP contribution is -2.54. The Hall–Kier alpha value is -2.82. The van der Waals surface area contributed by atoms with Crippen molar-refractivity contribution in [2.75, 3.05) is 24.5 Å². The highest BCUT2D eigenvalue weighted by atomic mass is 35.5. The van der Waals surface area contributed by atoms with Gasteiger partial charge in [0.2, 0.25) is 0 Å². The molecule has 31 heavy (non-hydrogen) atoms. The SMILES string of the molecule is O=C(O)c1ccc2c(c1)CC[C@H]1CN(Cc3ccc(-c4ccc(Cl)cc4)cc3)CCN21. The summed E-state index contributed by atoms with van der Waals surface area (Å²) in [5.74, 6) is -0.850. The van der Waals surface area contributed by atoms with Crippen LogP contribution < -0.4 is 4.90 Å². The zero-order chi connectivity index (χ0) is 21.4. The van der Waals surface area contributed by atoms with Crippen LogP contribution in [-0.2, 0) is 13.0 Å². The van der Waals surface area contributed by atoms with Crippen LogP contribution in [0.15, 0.2) is 66.7 Å². The van der Waals surface area contributed by atoms with Crippen LogP contribution in [0.4, 0.5) is 5.69 Å². The number of nitrogens with zero attached hydrogens (tertiary/aromatic N) is 2. The summed E-state index contributed by atoms with van der Waals surface area (Å²) in [5.41, 5.74) is 6.48. The van der Waals surface area contributed by atoms with Crippen LogP contribution in [0.2, 0.25) is 5.02 Å². The number of fused-ring (bicyclic) bond motifs is 3. The number of aryl methyl sites for hydroxylation is 1. The van der Waals surface area contributed by atoms with E-state index in [1.807, 2.05) is 24.3 Å². The molecule has 1 atom stereocenters. The Morgan fingerprint density at radius 1 is 0.968 bits per heavy atom. The highest BCUT2D eigenvalue weighted by Gasteiger charge is 2.31. The number of rotatable bonds is 4. The zero-order valence-corrected chi connectivity index (χ0v) is 18.1. The van der Waals surface area contributed by atoms with Gasteiger partial charge in [-0.25, -0.2) is 4.79 Å². The molecular formula is C26H25ClN2O2. The van der Waals surface area contributed by atoms with Gasteiger partial charge in [-0.15, -0.1) is 0 Å². The van der Waals surface area contributed by atoms with Crippen LogP contribution in [-0.4, -0.2) is 41.7 Å². The summed E-state index contributed by atoms with van der Waals surface area (Å²) < 4.78 is 0. The van der Waals surface area contributed by atoms with Gasteiger partial charge in [-0.1, -0.05) is 48.0 Å². The molecule has 0 unspecified atom stereocenters. The van der Waals surface area contributed by atoms with Crippen LogP contribution in [0, 0.1) is 0 Å². The summed E-state index contributed by atoms with van der Waals surface area (Å²) >= 11 is 6.00. The number of anilines is 1. The molecule has 2 heterocycles. The van der Waals surface area contributed by atoms with Gasteiger partial charge in [0.1, 0.15) is 0 Å². The van der Waals surface area contributed by atoms with Crippen molar-refractivity contribution in [3.05, 3.63) is 88.4 Å². The predicted octanol–water partition coefficient (Wildman–Crippen LogP) is 5.34. The zero-order valence-electron chi connectivity index (χ0n) is 17.3. The van der Waals surface area contributed by atoms with Gasteiger partial charge in [-0.05, 0) is 65.4 Å². The van der Waals surface area contributed by atoms with Crippen LogP contribution in [0.5, 0.6) is 0 Å². The summed E-state index contributed by atoms with van der Waals surface area (Å²) in [6, 6.07) is 22.8. The largest absolute Gasteiger partial charge is 0.478 e. The quantitative estimate of drug-likeness (QED) is 0.604. The number of hydrogen-bond donors (Lipinski definition) is 1. The van der Waals surface area contributed by atoms with E-state index in [2.05, 4.69) is 46.2 Å². The number of halogens is 1. The lowest BCUT2D eigenvalue weighted by atomic mass is 9.92. The highest BCUT2D eigenvalue weighted by Crippen LogP contribution is 2.34. The van der Waals surface area contributed by atoms with E-state index in [4.69, 9.17) is 11.6 Å². The molecule has 3 aromatic carbocycles. The topological polar surface area (TPSA) is 43.8 Å². The van der Waals surface area contributed by atoms with Gasteiger partial charge in [-0.2, -0.15) is 0 Å². The summed E-state index contributed by atoms with van der Waals surface area (Å²) in [6.45, 7) is 3.98. The molecule has 0 bridgehead atoms. The molecule has 158 valence electrons. The minimum Gasteiger partial charge on any atom is -0.478 e. The van der Waals surface area contributed by atoms with E-state index in [-0.39, 0.29) is 0 Å². The van der Waals surface area contributed by atoms with Gasteiger partial charge in [0.25, 0.3) is 0 Å². The first-order chi connectivity index (χ1) is 15.1. The van der Waals surface area contributed by atoms with Gasteiger partial charge >= 0.3 is 5.97 Å². The molecule has 0 radical (unpaired) electrons. The third kappa shape index (κ3) is 4.18. The Labute approximate surface area is 187 Å². The van der Waals surface area contributed by atoms with Gasteiger partial charge < -0.3 is 10.0 Å². The lowest BCUT2D eigenvalue weighted by Gasteiger charge is -2.46. The first kappa shape index (κ1) is 20.1. The van der Waals surface area contributed by atoms with Crippen molar-refractivity contribution in [2.24, 2.45) is 0 Å². The minimum absolute atomic E-state index is 0.387. The molecule has 4 nitrogen and oxygen atoms in total. The maximum Gasteiger partial charge on any atom is 0.335 e. The standard InChI is InChI=1S/C26H25ClN2O2/c27-23-9-5-20(6-10-23)19-3-1-18(2-4-19)16-28-13-14-29-24(17-28)11-7-21-15-22(26(30)31)8-12-25(21)29/h1-6,8-10,12,15,24H,7,11,13-14,16-17H2,(H,30,31)/t24-/m0/s1. The highest BCUT2D eigenvalue weighted by molar-refractivity contribution is 6.30. The number of piperazine rings is 1. The summed E-state index contributed by atoms with van der Waals surface area (Å²) in [6.07, 6.45) is 2.02. The van der Waals surface area contributed by atoms with Crippen LogP contribution in [0.1, 0.15) is 27.9 Å². The number of carbonyl (C=O) groups is 1. The molecule has 3 aromatic rings. The third-order valence-corrected chi connectivity index (χ3v) is 6.74. The second kappa shape index (κ2) is 8.37. The summed E-state index contributed by atoms with van der Waals surface area (Å²) in [4.78, 5) is 16.3. The van der Waals surface area contributed by atoms with Crippen molar-refractivity contribution < 1.29 is 9.90 Å². The molecule has 1 saturated heterocycles. The van der Waals surface area contributed by atoms with Gasteiger partial charge in [0.15, 0.2) is 0 Å². The molecule has 5 heteroatoms. The molecule has 1 N–H and O–H groups in total. The molecule has 1 fully saturated rings. The normalized spacial score (nSPS) is 18.4. The lowest BCUT2D eigenvalue weighted by molar-refractivity contribution is 0.0696. The molecule has 0 saturated carbocycles. The number of carboxylic acid groups (broad SMARTS) is 1. The minimum atomic E-state index is -0.850. The van der Waals surface area contributed by atoms with Crippen molar-refractivity contribution in [1.82, 2.24) is 4.90 Å². The van der Waals surface area contributed by atoms with Gasteiger partial charge in [0.05, 0.1) is 5.56 Å². The Morgan fingerprint density at radius 2 is 1.68 bits per heavy atom. The molecule has 5 rings (SSSR count). The average molecular weight is 433 g/mol. The van der Waals surface area contributed by atoms with E-state index in [1.165, 1.54) is 27.9 Å². The van der Waals surface area contributed by atoms with E-state index in [0.29, 0.717) is 11.6 Å². The van der Waals surface area contributed by atoms with Crippen molar-refractivity contribution in [3.8, 4) is 11.1 Å². The van der Waals surface area contributed by atoms with Crippen molar-refractivity contribution >= 4 is 23.3 Å². The fraction of sp³-hybridized carbons (Fsp3) is 0.269. The molecule has 0 amide bonds. The average Bonchev–Trinajstić information content (AvgIpc) is 2.79. The van der Waals surface area contributed by atoms with E-state index in [0.717, 1.165) is 44.0 Å². The van der Waals surface area contributed by atoms with Crippen molar-refractivity contribution in [1.29, 1.82) is 0 Å². The van der Waals surface area contributed by atoms with E-state index >= 15 is 0 Å². The van der Waals surface area contributed by atoms with E-state index in [1.54, 1.807) is 6.07 Å². The Morgan fingerprint density at radius 3 is 2.39 bits per heavy atom. The number of aromatic carboxylic acids is 1. The smallest absolute Gasteiger partial charge is 0.335 e. The van der Waals surface area contributed by atoms with Crippen LogP contribution in [0.25, 0.3) is 11.1 Å². The number of hydrogen-bond acceptors (Lipinski definition) is 3. The molecule has 0 aliphatic carbocycles. The first-order valence-corrected chi connectivity index (χ1v) is 11.1. The summed E-state index contributed by atoms with van der Waals surface area (Å²) in [7, 11) is 0. The second-order valence-electron chi connectivity index (χ2n) is 8.47. The fourth-order valence-electron chi connectivity index (χ4n) is 4.85. The van der Waals surface area contributed by atoms with Crippen LogP contribution >= 0.6 is 11.6 Å². The van der Waals surface area contributed by atoms with Crippen molar-refractivity contribution in [2.45, 2.75) is 25.4 Å². The molecule has 0 spiro atoms. The first-order valence-electron chi connectivity index (χ1n) is 10.8. The third-order valence-electron chi connectivity index (χ3n) is 6.49. The monoisotopic (exact) mass is 432 g/mol. The maximum absolute atomic E-state index is 11.3. The van der Waals surface area contributed by atoms with Gasteiger partial charge in [-0.3, -0.25) is 4.90 Å². The maximum atomic E-state index is 11.3. The molecule has 2 aliphatic rings. The van der Waals surface area contributed by atoms with E-state index in [9.17, 15) is 9.90 Å². The van der Waals surface area contributed by atoms with Crippen LogP contribution in [0.3, 0.4) is 0 Å². The Bertz CT molecular complexity index is 1100. The fourth-order valence-corrected chi connectivity index (χ4v) is 4.98. The molecular weight excluding hydrogens is 408 g/mol. The molecule has 0 aromatic heterocycles. The van der Waals surface area contributed by atoms with Crippen molar-refractivity contribution in [3.63, 3.8) is 0 Å². The predicted molar refractivity (Wildman–Crippen MR) is 125 cm³/mol. The second-order valence-corrected chi connectivity index (χ2v) is 8.91. The Kier molecular flexibility index (Phi) is 5.43.